The molecule has 0 aliphatic carbocycles. The minimum absolute atomic E-state index is 0.0806. The lowest BCUT2D eigenvalue weighted by molar-refractivity contribution is -0.368. The van der Waals surface area contributed by atoms with Crippen LogP contribution in [0.15, 0.2) is 0 Å². The predicted octanol–water partition coefficient (Wildman–Crippen LogP) is 2.27. The first-order chi connectivity index (χ1) is 11.3. The van der Waals surface area contributed by atoms with Crippen molar-refractivity contribution in [3.05, 3.63) is 0 Å². The number of carbonyl (C=O) groups excluding carboxylic acids is 2. The first kappa shape index (κ1) is 22.9. The molecule has 0 fully saturated rings. The fraction of sp³-hybridized carbons (Fsp3) is 0.889. The summed E-state index contributed by atoms with van der Waals surface area (Å²) < 4.78 is 10.9. The lowest BCUT2D eigenvalue weighted by Gasteiger charge is -2.31. The van der Waals surface area contributed by atoms with Gasteiger partial charge in [0.15, 0.2) is 5.78 Å². The van der Waals surface area contributed by atoms with Crippen molar-refractivity contribution in [2.24, 2.45) is 5.92 Å². The van der Waals surface area contributed by atoms with Crippen molar-refractivity contribution in [1.29, 1.82) is 0 Å². The highest BCUT2D eigenvalue weighted by atomic mass is 16.6. The molecule has 0 rings (SSSR count). The number of hydrogen-bond donors (Lipinski definition) is 1. The van der Waals surface area contributed by atoms with E-state index in [0.717, 1.165) is 25.8 Å². The number of unbranched alkanes of at least 4 members (excludes halogenated alkanes) is 1. The van der Waals surface area contributed by atoms with E-state index in [-0.39, 0.29) is 17.8 Å². The molecule has 0 aliphatic heterocycles. The molecular weight excluding hydrogens is 308 g/mol. The second-order valence-corrected chi connectivity index (χ2v) is 6.65. The minimum atomic E-state index is -0.448. The molecule has 6 heteroatoms. The average molecular weight is 346 g/mol. The molecule has 24 heavy (non-hydrogen) atoms. The van der Waals surface area contributed by atoms with Gasteiger partial charge in [0.1, 0.15) is 0 Å². The third kappa shape index (κ3) is 9.23. The van der Waals surface area contributed by atoms with E-state index < -0.39 is 12.1 Å². The van der Waals surface area contributed by atoms with Gasteiger partial charge in [0, 0.05) is 12.5 Å². The van der Waals surface area contributed by atoms with Crippen molar-refractivity contribution in [1.82, 2.24) is 4.90 Å². The number of carbonyl (C=O) groups is 2. The summed E-state index contributed by atoms with van der Waals surface area (Å²) in [7, 11) is 0. The Bertz CT molecular complexity index is 359. The molecule has 0 unspecified atom stereocenters. The Hall–Kier alpha value is -1.14. The van der Waals surface area contributed by atoms with Gasteiger partial charge in [0.05, 0.1) is 31.9 Å². The van der Waals surface area contributed by atoms with Gasteiger partial charge in [0.25, 0.3) is 0 Å². The van der Waals surface area contributed by atoms with Gasteiger partial charge in [-0.15, -0.1) is 0 Å². The maximum atomic E-state index is 12.6. The van der Waals surface area contributed by atoms with Crippen LogP contribution in [-0.2, 0) is 14.3 Å². The van der Waals surface area contributed by atoms with Crippen LogP contribution in [0.1, 0.15) is 60.3 Å². The highest BCUT2D eigenvalue weighted by Crippen LogP contribution is 2.16. The van der Waals surface area contributed by atoms with Crippen LogP contribution >= 0.6 is 0 Å². The SMILES string of the molecule is CCCOC(=O)N(CCOC(C)C)[C@@H](CCCC[NH3+])C(=O)C(C)C. The van der Waals surface area contributed by atoms with Gasteiger partial charge in [0.2, 0.25) is 0 Å². The van der Waals surface area contributed by atoms with Gasteiger partial charge in [-0.05, 0) is 39.5 Å². The number of nitrogens with zero attached hydrogens (tertiary/aromatic N) is 1. The highest BCUT2D eigenvalue weighted by molar-refractivity contribution is 5.88. The molecule has 0 radical (unpaired) electrons. The molecule has 0 aromatic heterocycles. The predicted molar refractivity (Wildman–Crippen MR) is 94.7 cm³/mol. The van der Waals surface area contributed by atoms with Crippen LogP contribution in [0.2, 0.25) is 0 Å². The monoisotopic (exact) mass is 345 g/mol. The number of amides is 1. The number of hydrogen-bond acceptors (Lipinski definition) is 4. The molecule has 3 N–H and O–H groups in total. The zero-order valence-corrected chi connectivity index (χ0v) is 16.2. The number of quaternary nitrogens is 1. The van der Waals surface area contributed by atoms with Gasteiger partial charge in [-0.25, -0.2) is 4.79 Å². The van der Waals surface area contributed by atoms with E-state index in [1.54, 1.807) is 4.90 Å². The zero-order valence-electron chi connectivity index (χ0n) is 16.2. The lowest BCUT2D eigenvalue weighted by Crippen LogP contribution is -2.51. The summed E-state index contributed by atoms with van der Waals surface area (Å²) >= 11 is 0. The summed E-state index contributed by atoms with van der Waals surface area (Å²) in [5.74, 6) is -0.0423. The number of Topliss-reactive ketones (excluding diaryl/α,β-unsaturated/α-hetero) is 1. The van der Waals surface area contributed by atoms with Crippen LogP contribution in [0.3, 0.4) is 0 Å². The molecule has 0 aliphatic rings. The Balaban J connectivity index is 5.11. The van der Waals surface area contributed by atoms with Crippen LogP contribution in [0.4, 0.5) is 4.79 Å². The average Bonchev–Trinajstić information content (AvgIpc) is 2.53. The van der Waals surface area contributed by atoms with Gasteiger partial charge in [-0.1, -0.05) is 20.8 Å². The Morgan fingerprint density at radius 2 is 1.75 bits per heavy atom. The van der Waals surface area contributed by atoms with Crippen LogP contribution < -0.4 is 5.73 Å². The van der Waals surface area contributed by atoms with E-state index >= 15 is 0 Å². The summed E-state index contributed by atoms with van der Waals surface area (Å²) in [5.41, 5.74) is 3.84. The Morgan fingerprint density at radius 3 is 2.25 bits per heavy atom. The fourth-order valence-corrected chi connectivity index (χ4v) is 2.38. The maximum Gasteiger partial charge on any atom is 0.410 e. The molecule has 0 aromatic carbocycles. The van der Waals surface area contributed by atoms with Crippen LogP contribution in [0.5, 0.6) is 0 Å². The number of ketones is 1. The molecule has 0 bridgehead atoms. The third-order valence-corrected chi connectivity index (χ3v) is 3.70. The van der Waals surface area contributed by atoms with E-state index in [9.17, 15) is 9.59 Å². The lowest BCUT2D eigenvalue weighted by atomic mass is 9.96. The van der Waals surface area contributed by atoms with Gasteiger partial charge in [-0.3, -0.25) is 9.69 Å². The van der Waals surface area contributed by atoms with E-state index in [1.165, 1.54) is 0 Å². The van der Waals surface area contributed by atoms with Crippen molar-refractivity contribution >= 4 is 11.9 Å². The smallest absolute Gasteiger partial charge is 0.410 e. The summed E-state index contributed by atoms with van der Waals surface area (Å²) in [5, 5.41) is 0. The van der Waals surface area contributed by atoms with Crippen LogP contribution in [0, 0.1) is 5.92 Å². The van der Waals surface area contributed by atoms with Gasteiger partial charge < -0.3 is 15.2 Å². The normalized spacial score (nSPS) is 12.5. The van der Waals surface area contributed by atoms with Crippen molar-refractivity contribution in [3.8, 4) is 0 Å². The molecular formula is C18H37N2O4+. The molecule has 1 amide bonds. The summed E-state index contributed by atoms with van der Waals surface area (Å²) in [6.45, 7) is 11.6. The zero-order chi connectivity index (χ0) is 18.5. The number of ether oxygens (including phenoxy) is 2. The quantitative estimate of drug-likeness (QED) is 0.519. The Morgan fingerprint density at radius 1 is 1.08 bits per heavy atom. The van der Waals surface area contributed by atoms with E-state index in [4.69, 9.17) is 9.47 Å². The molecule has 0 saturated carbocycles. The summed E-state index contributed by atoms with van der Waals surface area (Å²) in [6, 6.07) is -0.448. The Labute approximate surface area is 147 Å². The van der Waals surface area contributed by atoms with E-state index in [2.05, 4.69) is 5.73 Å². The first-order valence-electron chi connectivity index (χ1n) is 9.23. The van der Waals surface area contributed by atoms with Crippen molar-refractivity contribution < 1.29 is 24.8 Å². The highest BCUT2D eigenvalue weighted by Gasteiger charge is 2.31. The summed E-state index contributed by atoms with van der Waals surface area (Å²) in [4.78, 5) is 26.7. The maximum absolute atomic E-state index is 12.6. The molecule has 0 spiro atoms. The van der Waals surface area contributed by atoms with Crippen molar-refractivity contribution in [2.45, 2.75) is 72.4 Å². The number of rotatable bonds is 13. The van der Waals surface area contributed by atoms with Gasteiger partial charge >= 0.3 is 6.09 Å². The van der Waals surface area contributed by atoms with Gasteiger partial charge in [-0.2, -0.15) is 0 Å². The largest absolute Gasteiger partial charge is 0.449 e. The molecule has 0 aromatic rings. The molecule has 142 valence electrons. The van der Waals surface area contributed by atoms with Crippen LogP contribution in [-0.4, -0.2) is 55.2 Å². The summed E-state index contributed by atoms with van der Waals surface area (Å²) in [6.07, 6.45) is 2.89. The van der Waals surface area contributed by atoms with Crippen molar-refractivity contribution in [2.75, 3.05) is 26.3 Å². The standard InChI is InChI=1S/C18H36N2O4/c1-6-12-24-18(22)20(11-13-23-15(4)5)16(9-7-8-10-19)17(21)14(2)3/h14-16H,6-13,19H2,1-5H3/p+1/t16-/m0/s1. The molecule has 1 atom stereocenters. The fourth-order valence-electron chi connectivity index (χ4n) is 2.38. The minimum Gasteiger partial charge on any atom is -0.449 e. The van der Waals surface area contributed by atoms with Crippen molar-refractivity contribution in [3.63, 3.8) is 0 Å². The molecule has 0 saturated heterocycles. The van der Waals surface area contributed by atoms with Crippen LogP contribution in [0.25, 0.3) is 0 Å². The second-order valence-electron chi connectivity index (χ2n) is 6.65. The van der Waals surface area contributed by atoms with E-state index in [0.29, 0.717) is 26.2 Å². The van der Waals surface area contributed by atoms with E-state index in [1.807, 2.05) is 34.6 Å². The molecule has 6 nitrogen and oxygen atoms in total. The topological polar surface area (TPSA) is 83.5 Å². The Kier molecular flexibility index (Phi) is 12.6. The first-order valence-corrected chi connectivity index (χ1v) is 9.23. The molecule has 0 heterocycles. The second kappa shape index (κ2) is 13.2. The third-order valence-electron chi connectivity index (χ3n) is 3.70.